The molecule has 0 saturated carbocycles. The molecule has 2 aromatic carbocycles. The Hall–Kier alpha value is -2.93. The number of benzene rings is 2. The number of para-hydroxylation sites is 1. The van der Waals surface area contributed by atoms with Crippen LogP contribution in [-0.4, -0.2) is 26.3 Å². The van der Waals surface area contributed by atoms with Crippen LogP contribution in [0.25, 0.3) is 11.3 Å². The number of nitrogens with one attached hydrogen (secondary N) is 2. The van der Waals surface area contributed by atoms with Gasteiger partial charge in [0.1, 0.15) is 0 Å². The number of thioether (sulfide) groups is 1. The van der Waals surface area contributed by atoms with E-state index in [1.165, 1.54) is 0 Å². The van der Waals surface area contributed by atoms with Crippen LogP contribution >= 0.6 is 11.8 Å². The van der Waals surface area contributed by atoms with Gasteiger partial charge >= 0.3 is 0 Å². The number of amides is 1. The highest BCUT2D eigenvalue weighted by atomic mass is 32.2. The van der Waals surface area contributed by atoms with E-state index in [2.05, 4.69) is 20.5 Å². The molecule has 1 amide bonds. The number of aromatic nitrogens is 3. The smallest absolute Gasteiger partial charge is 0.278 e. The molecule has 3 rings (SSSR count). The van der Waals surface area contributed by atoms with Crippen LogP contribution < -0.4 is 10.9 Å². The van der Waals surface area contributed by atoms with Crippen molar-refractivity contribution >= 4 is 23.4 Å². The molecule has 3 aromatic rings. The second-order valence-corrected chi connectivity index (χ2v) is 7.52. The van der Waals surface area contributed by atoms with E-state index >= 15 is 0 Å². The van der Waals surface area contributed by atoms with Gasteiger partial charge in [-0.25, -0.2) is 0 Å². The lowest BCUT2D eigenvalue weighted by atomic mass is 10.1. The van der Waals surface area contributed by atoms with E-state index in [0.717, 1.165) is 28.6 Å². The van der Waals surface area contributed by atoms with Crippen LogP contribution in [0.2, 0.25) is 0 Å². The van der Waals surface area contributed by atoms with Crippen molar-refractivity contribution in [2.24, 2.45) is 0 Å². The average molecular weight is 380 g/mol. The predicted molar refractivity (Wildman–Crippen MR) is 108 cm³/mol. The molecule has 0 bridgehead atoms. The lowest BCUT2D eigenvalue weighted by Crippen LogP contribution is -2.24. The van der Waals surface area contributed by atoms with Gasteiger partial charge in [-0.05, 0) is 31.9 Å². The van der Waals surface area contributed by atoms with Gasteiger partial charge in [0.25, 0.3) is 5.56 Å². The third kappa shape index (κ3) is 4.43. The van der Waals surface area contributed by atoms with Crippen molar-refractivity contribution in [2.45, 2.75) is 31.2 Å². The first kappa shape index (κ1) is 18.8. The zero-order valence-electron chi connectivity index (χ0n) is 15.3. The van der Waals surface area contributed by atoms with Gasteiger partial charge in [0.15, 0.2) is 10.9 Å². The Labute approximate surface area is 161 Å². The molecule has 0 spiro atoms. The SMILES string of the molecule is Cc1cccc(C)c1NC(=O)C(C)Sc1nnc(-c2ccccc2)c(=O)[nH]1. The Balaban J connectivity index is 1.72. The third-order valence-electron chi connectivity index (χ3n) is 4.11. The van der Waals surface area contributed by atoms with Gasteiger partial charge in [-0.15, -0.1) is 10.2 Å². The van der Waals surface area contributed by atoms with E-state index < -0.39 is 5.25 Å². The standard InChI is InChI=1S/C20H20N4O2S/c1-12-8-7-9-13(2)16(12)21-18(25)14(3)27-20-22-19(26)17(23-24-20)15-10-5-4-6-11-15/h4-11,14H,1-3H3,(H,21,25)(H,22,24,26). The number of carbonyl (C=O) groups excluding carboxylic acids is 1. The fourth-order valence-corrected chi connectivity index (χ4v) is 3.36. The largest absolute Gasteiger partial charge is 0.325 e. The highest BCUT2D eigenvalue weighted by molar-refractivity contribution is 8.00. The van der Waals surface area contributed by atoms with Gasteiger partial charge in [0.2, 0.25) is 5.91 Å². The summed E-state index contributed by atoms with van der Waals surface area (Å²) in [4.78, 5) is 27.5. The van der Waals surface area contributed by atoms with Crippen LogP contribution in [0.5, 0.6) is 0 Å². The summed E-state index contributed by atoms with van der Waals surface area (Å²) < 4.78 is 0. The molecule has 0 aliphatic rings. The summed E-state index contributed by atoms with van der Waals surface area (Å²) in [6, 6.07) is 15.0. The Morgan fingerprint density at radius 3 is 2.33 bits per heavy atom. The Kier molecular flexibility index (Phi) is 5.71. The molecule has 0 saturated heterocycles. The van der Waals surface area contributed by atoms with E-state index in [4.69, 9.17) is 0 Å². The highest BCUT2D eigenvalue weighted by Gasteiger charge is 2.18. The van der Waals surface area contributed by atoms with Crippen molar-refractivity contribution in [2.75, 3.05) is 5.32 Å². The molecular weight excluding hydrogens is 360 g/mol. The molecule has 6 nitrogen and oxygen atoms in total. The summed E-state index contributed by atoms with van der Waals surface area (Å²) >= 11 is 1.16. The van der Waals surface area contributed by atoms with Crippen molar-refractivity contribution in [1.82, 2.24) is 15.2 Å². The molecule has 7 heteroatoms. The van der Waals surface area contributed by atoms with Gasteiger partial charge in [0, 0.05) is 11.3 Å². The molecule has 0 aliphatic heterocycles. The van der Waals surface area contributed by atoms with Crippen LogP contribution in [0.15, 0.2) is 58.5 Å². The summed E-state index contributed by atoms with van der Waals surface area (Å²) in [5.41, 5.74) is 3.44. The minimum absolute atomic E-state index is 0.160. The maximum atomic E-state index is 12.5. The van der Waals surface area contributed by atoms with Crippen molar-refractivity contribution in [3.05, 3.63) is 70.0 Å². The van der Waals surface area contributed by atoms with Crippen molar-refractivity contribution < 1.29 is 4.79 Å². The molecule has 1 aromatic heterocycles. The third-order valence-corrected chi connectivity index (χ3v) is 5.09. The van der Waals surface area contributed by atoms with Gasteiger partial charge in [0.05, 0.1) is 5.25 Å². The number of nitrogens with zero attached hydrogens (tertiary/aromatic N) is 2. The van der Waals surface area contributed by atoms with Crippen molar-refractivity contribution in [3.63, 3.8) is 0 Å². The summed E-state index contributed by atoms with van der Waals surface area (Å²) in [7, 11) is 0. The average Bonchev–Trinajstić information content (AvgIpc) is 2.65. The molecule has 0 radical (unpaired) electrons. The zero-order chi connectivity index (χ0) is 19.4. The van der Waals surface area contributed by atoms with E-state index in [1.54, 1.807) is 19.1 Å². The minimum atomic E-state index is -0.448. The van der Waals surface area contributed by atoms with E-state index in [0.29, 0.717) is 10.7 Å². The molecule has 1 heterocycles. The lowest BCUT2D eigenvalue weighted by Gasteiger charge is -2.14. The number of carbonyl (C=O) groups is 1. The molecule has 0 fully saturated rings. The van der Waals surface area contributed by atoms with Gasteiger partial charge in [-0.3, -0.25) is 14.6 Å². The Morgan fingerprint density at radius 2 is 1.70 bits per heavy atom. The van der Waals surface area contributed by atoms with E-state index in [1.807, 2.05) is 50.2 Å². The van der Waals surface area contributed by atoms with Gasteiger partial charge in [-0.1, -0.05) is 60.3 Å². The van der Waals surface area contributed by atoms with Gasteiger partial charge in [-0.2, -0.15) is 0 Å². The Morgan fingerprint density at radius 1 is 1.04 bits per heavy atom. The molecule has 1 atom stereocenters. The first-order valence-corrected chi connectivity index (χ1v) is 9.40. The Bertz CT molecular complexity index is 998. The molecule has 138 valence electrons. The number of hydrogen-bond donors (Lipinski definition) is 2. The first-order chi connectivity index (χ1) is 13.0. The quantitative estimate of drug-likeness (QED) is 0.661. The number of hydrogen-bond acceptors (Lipinski definition) is 5. The van der Waals surface area contributed by atoms with Crippen molar-refractivity contribution in [1.29, 1.82) is 0 Å². The summed E-state index contributed by atoms with van der Waals surface area (Å²) in [6.45, 7) is 5.66. The molecule has 27 heavy (non-hydrogen) atoms. The van der Waals surface area contributed by atoms with Crippen LogP contribution in [0, 0.1) is 13.8 Å². The second kappa shape index (κ2) is 8.18. The van der Waals surface area contributed by atoms with Crippen LogP contribution in [0.1, 0.15) is 18.1 Å². The minimum Gasteiger partial charge on any atom is -0.325 e. The summed E-state index contributed by atoms with van der Waals surface area (Å²) in [5, 5.41) is 10.9. The fourth-order valence-electron chi connectivity index (χ4n) is 2.62. The van der Waals surface area contributed by atoms with Crippen LogP contribution in [-0.2, 0) is 4.79 Å². The van der Waals surface area contributed by atoms with Crippen LogP contribution in [0.4, 0.5) is 5.69 Å². The highest BCUT2D eigenvalue weighted by Crippen LogP contribution is 2.23. The molecule has 2 N–H and O–H groups in total. The van der Waals surface area contributed by atoms with E-state index in [-0.39, 0.29) is 17.2 Å². The maximum Gasteiger partial charge on any atom is 0.278 e. The topological polar surface area (TPSA) is 87.7 Å². The van der Waals surface area contributed by atoms with Gasteiger partial charge < -0.3 is 5.32 Å². The molecule has 1 unspecified atom stereocenters. The zero-order valence-corrected chi connectivity index (χ0v) is 16.1. The number of H-pyrrole nitrogens is 1. The number of rotatable bonds is 5. The first-order valence-electron chi connectivity index (χ1n) is 8.52. The maximum absolute atomic E-state index is 12.5. The monoisotopic (exact) mass is 380 g/mol. The normalized spacial score (nSPS) is 11.8. The van der Waals surface area contributed by atoms with Crippen molar-refractivity contribution in [3.8, 4) is 11.3 Å². The second-order valence-electron chi connectivity index (χ2n) is 6.19. The van der Waals surface area contributed by atoms with Crippen LogP contribution in [0.3, 0.4) is 0 Å². The molecular formula is C20H20N4O2S. The summed E-state index contributed by atoms with van der Waals surface area (Å²) in [6.07, 6.45) is 0. The number of aryl methyl sites for hydroxylation is 2. The number of anilines is 1. The summed E-state index contributed by atoms with van der Waals surface area (Å²) in [5.74, 6) is -0.160. The number of aromatic amines is 1. The predicted octanol–water partition coefficient (Wildman–Crippen LogP) is 3.57. The lowest BCUT2D eigenvalue weighted by molar-refractivity contribution is -0.115. The molecule has 0 aliphatic carbocycles. The van der Waals surface area contributed by atoms with E-state index in [9.17, 15) is 9.59 Å². The fraction of sp³-hybridized carbons (Fsp3) is 0.200.